The first kappa shape index (κ1) is 23.6. The van der Waals surface area contributed by atoms with E-state index in [-0.39, 0.29) is 36.2 Å². The number of nitrogens with zero attached hydrogens (tertiary/aromatic N) is 1. The molecule has 9 nitrogen and oxygen atoms in total. The Morgan fingerprint density at radius 3 is 2.57 bits per heavy atom. The third-order valence-electron chi connectivity index (χ3n) is 5.15. The number of carbonyl (C=O) groups is 3. The topological polar surface area (TPSA) is 107 Å². The number of para-hydroxylation sites is 1. The molecule has 0 saturated carbocycles. The largest absolute Gasteiger partial charge is 0.493 e. The predicted octanol–water partition coefficient (Wildman–Crippen LogP) is 3.89. The van der Waals surface area contributed by atoms with Crippen LogP contribution in [-0.2, 0) is 22.7 Å². The molecule has 1 aliphatic heterocycles. The van der Waals surface area contributed by atoms with Crippen molar-refractivity contribution in [1.29, 1.82) is 0 Å². The smallest absolute Gasteiger partial charge is 0.373 e. The fraction of sp³-hybridized carbons (Fsp3) is 0.160. The first-order chi connectivity index (χ1) is 16.9. The number of hydrogen-bond acceptors (Lipinski definition) is 7. The van der Waals surface area contributed by atoms with E-state index in [9.17, 15) is 18.8 Å². The van der Waals surface area contributed by atoms with Gasteiger partial charge in [-0.3, -0.25) is 9.69 Å². The molecule has 0 aliphatic carbocycles. The van der Waals surface area contributed by atoms with Crippen molar-refractivity contribution < 1.29 is 37.4 Å². The Bertz CT molecular complexity index is 1300. The van der Waals surface area contributed by atoms with Crippen molar-refractivity contribution in [2.45, 2.75) is 13.2 Å². The van der Waals surface area contributed by atoms with Crippen LogP contribution in [0.1, 0.15) is 27.4 Å². The Hall–Kier alpha value is -4.60. The molecule has 0 unspecified atom stereocenters. The lowest BCUT2D eigenvalue weighted by Gasteiger charge is -2.14. The van der Waals surface area contributed by atoms with Gasteiger partial charge >= 0.3 is 12.0 Å². The van der Waals surface area contributed by atoms with E-state index >= 15 is 0 Å². The van der Waals surface area contributed by atoms with Gasteiger partial charge in [-0.05, 0) is 42.0 Å². The lowest BCUT2D eigenvalue weighted by molar-refractivity contribution is -0.123. The Kier molecular flexibility index (Phi) is 6.81. The van der Waals surface area contributed by atoms with Crippen LogP contribution in [0.4, 0.5) is 9.18 Å². The average molecular weight is 480 g/mol. The number of imide groups is 1. The van der Waals surface area contributed by atoms with Gasteiger partial charge in [0.15, 0.2) is 11.5 Å². The number of halogens is 1. The molecule has 4 rings (SSSR count). The maximum absolute atomic E-state index is 13.2. The van der Waals surface area contributed by atoms with Crippen molar-refractivity contribution >= 4 is 24.0 Å². The zero-order valence-corrected chi connectivity index (χ0v) is 18.9. The van der Waals surface area contributed by atoms with Gasteiger partial charge in [-0.2, -0.15) is 0 Å². The molecule has 180 valence electrons. The highest BCUT2D eigenvalue weighted by Crippen LogP contribution is 2.34. The second kappa shape index (κ2) is 10.1. The van der Waals surface area contributed by atoms with E-state index in [0.717, 1.165) is 10.5 Å². The molecule has 35 heavy (non-hydrogen) atoms. The van der Waals surface area contributed by atoms with Crippen molar-refractivity contribution in [2.24, 2.45) is 0 Å². The SMILES string of the molecule is COC(=O)c1ccc(CN2C(=O)N/C(=C\c3cccc(OC)c3OCc3ccc(F)cc3)C2=O)o1. The van der Waals surface area contributed by atoms with Gasteiger partial charge in [0.25, 0.3) is 5.91 Å². The lowest BCUT2D eigenvalue weighted by Crippen LogP contribution is -2.30. The lowest BCUT2D eigenvalue weighted by atomic mass is 10.1. The van der Waals surface area contributed by atoms with Crippen molar-refractivity contribution in [2.75, 3.05) is 14.2 Å². The van der Waals surface area contributed by atoms with Crippen LogP contribution in [0, 0.1) is 5.82 Å². The monoisotopic (exact) mass is 480 g/mol. The molecule has 10 heteroatoms. The quantitative estimate of drug-likeness (QED) is 0.296. The molecule has 2 heterocycles. The molecule has 0 spiro atoms. The summed E-state index contributed by atoms with van der Waals surface area (Å²) >= 11 is 0. The number of benzene rings is 2. The summed E-state index contributed by atoms with van der Waals surface area (Å²) in [5.41, 5.74) is 1.25. The second-order valence-electron chi connectivity index (χ2n) is 7.43. The summed E-state index contributed by atoms with van der Waals surface area (Å²) in [6.07, 6.45) is 1.48. The Labute approximate surface area is 199 Å². The zero-order valence-electron chi connectivity index (χ0n) is 18.9. The minimum Gasteiger partial charge on any atom is -0.493 e. The molecule has 1 N–H and O–H groups in total. The van der Waals surface area contributed by atoms with Gasteiger partial charge in [0.2, 0.25) is 5.76 Å². The maximum Gasteiger partial charge on any atom is 0.373 e. The molecule has 1 aliphatic rings. The first-order valence-electron chi connectivity index (χ1n) is 10.5. The summed E-state index contributed by atoms with van der Waals surface area (Å²) in [5.74, 6) is -0.641. The van der Waals surface area contributed by atoms with Gasteiger partial charge in [0, 0.05) is 5.56 Å². The molecule has 1 saturated heterocycles. The van der Waals surface area contributed by atoms with Crippen LogP contribution >= 0.6 is 0 Å². The highest BCUT2D eigenvalue weighted by atomic mass is 19.1. The summed E-state index contributed by atoms with van der Waals surface area (Å²) in [6.45, 7) is -0.0463. The van der Waals surface area contributed by atoms with E-state index in [1.54, 1.807) is 30.3 Å². The van der Waals surface area contributed by atoms with Crippen LogP contribution < -0.4 is 14.8 Å². The second-order valence-corrected chi connectivity index (χ2v) is 7.43. The maximum atomic E-state index is 13.2. The third-order valence-corrected chi connectivity index (χ3v) is 5.15. The van der Waals surface area contributed by atoms with Gasteiger partial charge in [-0.15, -0.1) is 0 Å². The number of ether oxygens (including phenoxy) is 3. The molecule has 3 amide bonds. The molecule has 1 fully saturated rings. The third kappa shape index (κ3) is 5.16. The highest BCUT2D eigenvalue weighted by Gasteiger charge is 2.34. The summed E-state index contributed by atoms with van der Waals surface area (Å²) in [5, 5.41) is 2.54. The molecule has 2 aromatic carbocycles. The number of methoxy groups -OCH3 is 2. The van der Waals surface area contributed by atoms with Crippen molar-refractivity contribution in [3.8, 4) is 11.5 Å². The average Bonchev–Trinajstić information content (AvgIpc) is 3.44. The van der Waals surface area contributed by atoms with E-state index in [0.29, 0.717) is 17.1 Å². The number of hydrogen-bond donors (Lipinski definition) is 1. The number of esters is 1. The van der Waals surface area contributed by atoms with Crippen LogP contribution in [0.5, 0.6) is 11.5 Å². The summed E-state index contributed by atoms with van der Waals surface area (Å²) in [7, 11) is 2.70. The van der Waals surface area contributed by atoms with Gasteiger partial charge in [0.05, 0.1) is 20.8 Å². The number of nitrogens with one attached hydrogen (secondary N) is 1. The molecule has 0 radical (unpaired) electrons. The van der Waals surface area contributed by atoms with Gasteiger partial charge in [-0.1, -0.05) is 24.3 Å². The van der Waals surface area contributed by atoms with E-state index in [1.165, 1.54) is 44.6 Å². The molecule has 0 atom stereocenters. The summed E-state index contributed by atoms with van der Waals surface area (Å²) < 4.78 is 34.4. The van der Waals surface area contributed by atoms with Gasteiger partial charge in [-0.25, -0.2) is 14.0 Å². The van der Waals surface area contributed by atoms with Crippen LogP contribution in [0.25, 0.3) is 6.08 Å². The normalized spacial score (nSPS) is 14.3. The van der Waals surface area contributed by atoms with Crippen LogP contribution in [-0.4, -0.2) is 37.0 Å². The molecular weight excluding hydrogens is 459 g/mol. The fourth-order valence-corrected chi connectivity index (χ4v) is 3.40. The van der Waals surface area contributed by atoms with E-state index in [2.05, 4.69) is 10.1 Å². The van der Waals surface area contributed by atoms with Crippen molar-refractivity contribution in [3.05, 3.63) is 88.8 Å². The summed E-state index contributed by atoms with van der Waals surface area (Å²) in [4.78, 5) is 37.9. The van der Waals surface area contributed by atoms with Crippen molar-refractivity contribution in [3.63, 3.8) is 0 Å². The first-order valence-corrected chi connectivity index (χ1v) is 10.5. The van der Waals surface area contributed by atoms with E-state index in [4.69, 9.17) is 13.9 Å². The number of furan rings is 1. The van der Waals surface area contributed by atoms with Gasteiger partial charge in [0.1, 0.15) is 23.9 Å². The van der Waals surface area contributed by atoms with Crippen molar-refractivity contribution in [1.82, 2.24) is 10.2 Å². The number of carbonyl (C=O) groups excluding carboxylic acids is 3. The molecule has 0 bridgehead atoms. The van der Waals surface area contributed by atoms with E-state index in [1.807, 2.05) is 0 Å². The van der Waals surface area contributed by atoms with Crippen LogP contribution in [0.3, 0.4) is 0 Å². The molecular formula is C25H21FN2O7. The summed E-state index contributed by atoms with van der Waals surface area (Å²) in [6, 6.07) is 13.2. The van der Waals surface area contributed by atoms with E-state index < -0.39 is 17.9 Å². The Balaban J connectivity index is 1.55. The minimum absolute atomic E-state index is 0.0228. The standard InChI is InChI=1S/C25H21FN2O7/c1-32-20-5-3-4-16(22(20)34-14-15-6-8-17(26)9-7-15)12-19-23(29)28(25(31)27-19)13-18-10-11-21(35-18)24(30)33-2/h3-12H,13-14H2,1-2H3,(H,27,31)/b19-12-. The minimum atomic E-state index is -0.666. The highest BCUT2D eigenvalue weighted by molar-refractivity contribution is 6.14. The number of rotatable bonds is 8. The predicted molar refractivity (Wildman–Crippen MR) is 121 cm³/mol. The molecule has 1 aromatic heterocycles. The number of amides is 3. The van der Waals surface area contributed by atoms with Gasteiger partial charge < -0.3 is 23.9 Å². The van der Waals surface area contributed by atoms with Crippen LogP contribution in [0.2, 0.25) is 0 Å². The zero-order chi connectivity index (χ0) is 24.9. The fourth-order valence-electron chi connectivity index (χ4n) is 3.40. The Morgan fingerprint density at radius 2 is 1.86 bits per heavy atom. The Morgan fingerprint density at radius 1 is 1.09 bits per heavy atom. The number of urea groups is 1. The van der Waals surface area contributed by atoms with Crippen LogP contribution in [0.15, 0.2) is 64.7 Å². The molecule has 3 aromatic rings.